The van der Waals surface area contributed by atoms with Crippen LogP contribution in [0.2, 0.25) is 0 Å². The maximum Gasteiger partial charge on any atom is 0.430 e. The number of rotatable bonds is 27. The average Bonchev–Trinajstić information content (AvgIpc) is 3.41. The van der Waals surface area contributed by atoms with E-state index < -0.39 is 30.1 Å². The second-order valence-electron chi connectivity index (χ2n) is 12.6. The van der Waals surface area contributed by atoms with Gasteiger partial charge in [0.1, 0.15) is 23.9 Å². The third-order valence-corrected chi connectivity index (χ3v) is 8.10. The molecular weight excluding hydrogens is 641 g/mol. The molecule has 0 aliphatic heterocycles. The van der Waals surface area contributed by atoms with E-state index in [2.05, 4.69) is 45.8 Å². The van der Waals surface area contributed by atoms with E-state index in [-0.39, 0.29) is 11.9 Å². The number of aryl methyl sites for hydroxylation is 2. The first-order valence-corrected chi connectivity index (χ1v) is 18.0. The zero-order valence-electron chi connectivity index (χ0n) is 29.8. The number of carboxylic acids is 1. The van der Waals surface area contributed by atoms with E-state index in [0.29, 0.717) is 25.8 Å². The summed E-state index contributed by atoms with van der Waals surface area (Å²) in [6.07, 6.45) is 20.8. The lowest BCUT2D eigenvalue weighted by molar-refractivity contribution is -0.697. The summed E-state index contributed by atoms with van der Waals surface area (Å²) in [5.74, 6) is -3.99. The van der Waals surface area contributed by atoms with Gasteiger partial charge in [0.15, 0.2) is 5.96 Å². The highest BCUT2D eigenvalue weighted by molar-refractivity contribution is 5.89. The highest BCUT2D eigenvalue weighted by Gasteiger charge is 2.29. The van der Waals surface area contributed by atoms with Crippen molar-refractivity contribution < 1.29 is 37.2 Å². The number of nitrogens with one attached hydrogen (secondary N) is 1. The Balaban J connectivity index is 0.00000295. The second kappa shape index (κ2) is 27.5. The van der Waals surface area contributed by atoms with Gasteiger partial charge in [-0.05, 0) is 38.5 Å². The van der Waals surface area contributed by atoms with E-state index in [9.17, 15) is 22.8 Å². The first-order valence-electron chi connectivity index (χ1n) is 18.0. The average molecular weight is 705 g/mol. The molecule has 0 aromatic carbocycles. The number of carbonyl (C=O) groups is 3. The Labute approximate surface area is 290 Å². The molecule has 1 aromatic rings. The van der Waals surface area contributed by atoms with Crippen LogP contribution in [-0.4, -0.2) is 53.1 Å². The molecule has 0 saturated carbocycles. The van der Waals surface area contributed by atoms with Crippen molar-refractivity contribution >= 4 is 23.7 Å². The Hall–Kier alpha value is -3.36. The van der Waals surface area contributed by atoms with Crippen molar-refractivity contribution in [3.63, 3.8) is 0 Å². The summed E-state index contributed by atoms with van der Waals surface area (Å²) in [4.78, 5) is 37.6. The minimum Gasteiger partial charge on any atom is -0.542 e. The van der Waals surface area contributed by atoms with E-state index in [1.165, 1.54) is 89.9 Å². The minimum atomic E-state index is -5.19. The summed E-state index contributed by atoms with van der Waals surface area (Å²) in [6.45, 7) is 6.74. The van der Waals surface area contributed by atoms with E-state index in [1.807, 2.05) is 0 Å². The molecular formula is C34H63F3N8O4. The Morgan fingerprint density at radius 3 is 1.82 bits per heavy atom. The van der Waals surface area contributed by atoms with Crippen molar-refractivity contribution in [3.05, 3.63) is 18.2 Å². The number of unbranched alkanes of at least 4 members (excludes halogenated alkanes) is 14. The predicted octanol–water partition coefficient (Wildman–Crippen LogP) is 3.25. The predicted molar refractivity (Wildman–Crippen MR) is 184 cm³/mol. The van der Waals surface area contributed by atoms with Gasteiger partial charge in [0.25, 0.3) is 0 Å². The van der Waals surface area contributed by atoms with E-state index in [0.717, 1.165) is 31.6 Å². The van der Waals surface area contributed by atoms with Crippen LogP contribution in [0.1, 0.15) is 135 Å². The van der Waals surface area contributed by atoms with Crippen molar-refractivity contribution in [1.82, 2.24) is 9.88 Å². The molecule has 2 atom stereocenters. The van der Waals surface area contributed by atoms with Gasteiger partial charge in [0.05, 0.1) is 19.1 Å². The molecule has 0 aliphatic carbocycles. The molecule has 2 amide bonds. The normalized spacial score (nSPS) is 12.4. The summed E-state index contributed by atoms with van der Waals surface area (Å²) in [5.41, 5.74) is 23.6. The number of amides is 2. The van der Waals surface area contributed by atoms with Crippen LogP contribution in [0.3, 0.4) is 0 Å². The number of carbonyl (C=O) groups excluding carboxylic acids is 3. The molecule has 0 fully saturated rings. The number of aromatic nitrogens is 2. The third kappa shape index (κ3) is 24.4. The molecule has 1 heterocycles. The fraction of sp³-hybridized carbons (Fsp3) is 0.794. The summed E-state index contributed by atoms with van der Waals surface area (Å²) in [6, 6.07) is -1.60. The number of guanidine groups is 1. The van der Waals surface area contributed by atoms with Crippen LogP contribution in [0, 0.1) is 0 Å². The van der Waals surface area contributed by atoms with Gasteiger partial charge in [0, 0.05) is 13.0 Å². The SMILES string of the molecule is CCCCCCCCCCn1c[n+](CCCCCCCCCC)cc1C[C@H](N)C(=O)N[C@@H](CCCN=C(N)N)C(N)=O.O=C([O-])C(F)(F)F. The number of halogens is 3. The fourth-order valence-corrected chi connectivity index (χ4v) is 5.28. The van der Waals surface area contributed by atoms with Crippen LogP contribution in [-0.2, 0) is 33.9 Å². The van der Waals surface area contributed by atoms with Gasteiger partial charge in [0.2, 0.25) is 18.1 Å². The smallest absolute Gasteiger partial charge is 0.430 e. The Morgan fingerprint density at radius 1 is 0.857 bits per heavy atom. The van der Waals surface area contributed by atoms with Gasteiger partial charge in [-0.2, -0.15) is 13.2 Å². The van der Waals surface area contributed by atoms with Crippen molar-refractivity contribution in [2.45, 2.75) is 167 Å². The lowest BCUT2D eigenvalue weighted by atomic mass is 10.1. The first kappa shape index (κ1) is 45.6. The molecule has 0 radical (unpaired) electrons. The number of aliphatic imine (C=N–C) groups is 1. The van der Waals surface area contributed by atoms with Crippen LogP contribution in [0.25, 0.3) is 0 Å². The molecule has 0 spiro atoms. The number of imidazole rings is 1. The van der Waals surface area contributed by atoms with Crippen molar-refractivity contribution in [3.8, 4) is 0 Å². The molecule has 0 aliphatic rings. The Morgan fingerprint density at radius 2 is 1.35 bits per heavy atom. The summed E-state index contributed by atoms with van der Waals surface area (Å²) >= 11 is 0. The lowest BCUT2D eigenvalue weighted by Crippen LogP contribution is -2.51. The van der Waals surface area contributed by atoms with Crippen LogP contribution in [0.4, 0.5) is 13.2 Å². The summed E-state index contributed by atoms with van der Waals surface area (Å²) in [7, 11) is 0. The zero-order chi connectivity index (χ0) is 37.1. The molecule has 0 bridgehead atoms. The molecule has 9 N–H and O–H groups in total. The van der Waals surface area contributed by atoms with Gasteiger partial charge < -0.3 is 38.2 Å². The molecule has 0 saturated heterocycles. The molecule has 1 aromatic heterocycles. The van der Waals surface area contributed by atoms with Gasteiger partial charge in [-0.25, -0.2) is 9.13 Å². The van der Waals surface area contributed by atoms with Crippen molar-refractivity contribution in [2.75, 3.05) is 6.54 Å². The molecule has 12 nitrogen and oxygen atoms in total. The Kier molecular flexibility index (Phi) is 25.6. The number of hydrogen-bond acceptors (Lipinski definition) is 6. The van der Waals surface area contributed by atoms with E-state index in [4.69, 9.17) is 32.8 Å². The maximum atomic E-state index is 12.9. The second-order valence-corrected chi connectivity index (χ2v) is 12.6. The number of nitrogens with zero attached hydrogens (tertiary/aromatic N) is 3. The van der Waals surface area contributed by atoms with Gasteiger partial charge in [-0.1, -0.05) is 90.9 Å². The maximum absolute atomic E-state index is 12.9. The number of carboxylic acid groups (broad SMARTS) is 1. The zero-order valence-corrected chi connectivity index (χ0v) is 29.8. The van der Waals surface area contributed by atoms with Crippen molar-refractivity contribution in [2.24, 2.45) is 27.9 Å². The van der Waals surface area contributed by atoms with Crippen LogP contribution in [0.15, 0.2) is 17.5 Å². The lowest BCUT2D eigenvalue weighted by Gasteiger charge is -2.18. The quantitative estimate of drug-likeness (QED) is 0.0399. The molecule has 0 unspecified atom stereocenters. The molecule has 49 heavy (non-hydrogen) atoms. The van der Waals surface area contributed by atoms with Gasteiger partial charge >= 0.3 is 6.18 Å². The van der Waals surface area contributed by atoms with Crippen LogP contribution < -0.4 is 37.9 Å². The summed E-state index contributed by atoms with van der Waals surface area (Å²) in [5, 5.41) is 11.5. The van der Waals surface area contributed by atoms with Crippen LogP contribution in [0.5, 0.6) is 0 Å². The standard InChI is InChI=1S/C32H62N8O2.C2HF3O2/c1-3-5-7-9-11-13-15-17-22-39-25-27(40(26-39)23-18-16-14-12-10-8-6-4-2)24-28(33)31(42)38-29(30(34)41)20-19-21-37-32(35)36;3-2(4,5)1(6)7/h25-26,28-29H,3-24,33H2,1-2H3,(H6-,34,35,36,37,38,41,42);(H,6,7)/t28-,29-;/m0./s1. The number of alkyl halides is 3. The molecule has 15 heteroatoms. The highest BCUT2D eigenvalue weighted by Crippen LogP contribution is 2.13. The first-order chi connectivity index (χ1) is 23.2. The van der Waals surface area contributed by atoms with E-state index in [1.54, 1.807) is 0 Å². The number of nitrogens with two attached hydrogens (primary N) is 4. The summed E-state index contributed by atoms with van der Waals surface area (Å²) < 4.78 is 36.1. The van der Waals surface area contributed by atoms with Gasteiger partial charge in [-0.15, -0.1) is 0 Å². The number of aliphatic carboxylic acids is 1. The topological polar surface area (TPSA) is 212 Å². The number of primary amides is 1. The minimum absolute atomic E-state index is 0.00805. The Bertz CT molecular complexity index is 1080. The van der Waals surface area contributed by atoms with E-state index >= 15 is 0 Å². The van der Waals surface area contributed by atoms with Crippen molar-refractivity contribution in [1.29, 1.82) is 0 Å². The fourth-order valence-electron chi connectivity index (χ4n) is 5.28. The number of hydrogen-bond donors (Lipinski definition) is 5. The molecule has 284 valence electrons. The monoisotopic (exact) mass is 704 g/mol. The molecule has 1 rings (SSSR count). The van der Waals surface area contributed by atoms with Gasteiger partial charge in [-0.3, -0.25) is 14.6 Å². The van der Waals surface area contributed by atoms with Crippen LogP contribution >= 0.6 is 0 Å². The highest BCUT2D eigenvalue weighted by atomic mass is 19.4. The largest absolute Gasteiger partial charge is 0.542 e. The third-order valence-electron chi connectivity index (χ3n) is 8.10.